The Kier molecular flexibility index (Phi) is 3.92. The standard InChI is InChI=1S/C8H4BrCl2NO2/c9-5-3-6(10)12-8(11)4(5)1-2-7(13)14/h1-3H,(H,13,14)/b2-1+. The number of carbonyl (C=O) groups is 1. The fourth-order valence-electron chi connectivity index (χ4n) is 0.770. The number of aromatic nitrogens is 1. The van der Waals surface area contributed by atoms with Crippen LogP contribution in [0.2, 0.25) is 10.3 Å². The second kappa shape index (κ2) is 4.77. The summed E-state index contributed by atoms with van der Waals surface area (Å²) in [6.07, 6.45) is 2.32. The number of aliphatic carboxylic acids is 1. The van der Waals surface area contributed by atoms with E-state index in [4.69, 9.17) is 28.3 Å². The van der Waals surface area contributed by atoms with Gasteiger partial charge >= 0.3 is 5.97 Å². The van der Waals surface area contributed by atoms with Gasteiger partial charge in [-0.05, 0) is 28.1 Å². The maximum Gasteiger partial charge on any atom is 0.328 e. The molecular formula is C8H4BrCl2NO2. The van der Waals surface area contributed by atoms with Gasteiger partial charge in [0.15, 0.2) is 0 Å². The van der Waals surface area contributed by atoms with Gasteiger partial charge in [-0.25, -0.2) is 9.78 Å². The molecule has 1 aromatic rings. The molecule has 1 rings (SSSR count). The Morgan fingerprint density at radius 1 is 1.57 bits per heavy atom. The summed E-state index contributed by atoms with van der Waals surface area (Å²) in [5.74, 6) is -1.05. The van der Waals surface area contributed by atoms with Gasteiger partial charge < -0.3 is 5.11 Å². The number of nitrogens with zero attached hydrogens (tertiary/aromatic N) is 1. The van der Waals surface area contributed by atoms with Crippen molar-refractivity contribution < 1.29 is 9.90 Å². The fraction of sp³-hybridized carbons (Fsp3) is 0. The fourth-order valence-corrected chi connectivity index (χ4v) is 2.05. The molecule has 0 saturated carbocycles. The monoisotopic (exact) mass is 295 g/mol. The summed E-state index contributed by atoms with van der Waals surface area (Å²) in [6, 6.07) is 1.54. The maximum absolute atomic E-state index is 10.3. The number of rotatable bonds is 2. The van der Waals surface area contributed by atoms with Crippen molar-refractivity contribution in [3.63, 3.8) is 0 Å². The number of hydrogen-bond acceptors (Lipinski definition) is 2. The minimum Gasteiger partial charge on any atom is -0.478 e. The number of pyridine rings is 1. The quantitative estimate of drug-likeness (QED) is 0.673. The smallest absolute Gasteiger partial charge is 0.328 e. The highest BCUT2D eigenvalue weighted by atomic mass is 79.9. The van der Waals surface area contributed by atoms with Crippen LogP contribution in [-0.2, 0) is 4.79 Å². The van der Waals surface area contributed by atoms with Crippen molar-refractivity contribution in [3.8, 4) is 0 Å². The van der Waals surface area contributed by atoms with E-state index in [2.05, 4.69) is 20.9 Å². The second-order valence-electron chi connectivity index (χ2n) is 2.30. The summed E-state index contributed by atoms with van der Waals surface area (Å²) < 4.78 is 0.597. The maximum atomic E-state index is 10.3. The first-order valence-electron chi connectivity index (χ1n) is 3.43. The minimum atomic E-state index is -1.05. The summed E-state index contributed by atoms with van der Waals surface area (Å²) in [5, 5.41) is 8.82. The molecule has 1 aromatic heterocycles. The highest BCUT2D eigenvalue weighted by molar-refractivity contribution is 9.10. The first kappa shape index (κ1) is 11.5. The van der Waals surface area contributed by atoms with Crippen molar-refractivity contribution in [2.45, 2.75) is 0 Å². The first-order chi connectivity index (χ1) is 6.50. The van der Waals surface area contributed by atoms with E-state index in [-0.39, 0.29) is 10.3 Å². The largest absolute Gasteiger partial charge is 0.478 e. The lowest BCUT2D eigenvalue weighted by Crippen LogP contribution is -1.88. The van der Waals surface area contributed by atoms with Crippen molar-refractivity contribution in [3.05, 3.63) is 32.5 Å². The SMILES string of the molecule is O=C(O)/C=C/c1c(Br)cc(Cl)nc1Cl. The lowest BCUT2D eigenvalue weighted by molar-refractivity contribution is -0.131. The molecule has 0 aromatic carbocycles. The zero-order valence-corrected chi connectivity index (χ0v) is 9.77. The lowest BCUT2D eigenvalue weighted by atomic mass is 10.2. The van der Waals surface area contributed by atoms with Gasteiger partial charge in [0.2, 0.25) is 0 Å². The summed E-state index contributed by atoms with van der Waals surface area (Å²) >= 11 is 14.6. The third kappa shape index (κ3) is 2.97. The molecule has 0 unspecified atom stereocenters. The molecule has 0 saturated heterocycles. The van der Waals surface area contributed by atoms with Gasteiger partial charge in [0.25, 0.3) is 0 Å². The molecule has 0 fully saturated rings. The summed E-state index contributed by atoms with van der Waals surface area (Å²) in [5.41, 5.74) is 0.485. The normalized spacial score (nSPS) is 10.8. The molecule has 1 heterocycles. The van der Waals surface area contributed by atoms with Crippen molar-refractivity contribution in [2.24, 2.45) is 0 Å². The van der Waals surface area contributed by atoms with Crippen molar-refractivity contribution >= 4 is 51.2 Å². The van der Waals surface area contributed by atoms with Crippen LogP contribution in [0.4, 0.5) is 0 Å². The van der Waals surface area contributed by atoms with Crippen molar-refractivity contribution in [2.75, 3.05) is 0 Å². The van der Waals surface area contributed by atoms with E-state index < -0.39 is 5.97 Å². The molecule has 3 nitrogen and oxygen atoms in total. The number of carboxylic acid groups (broad SMARTS) is 1. The van der Waals surface area contributed by atoms with Gasteiger partial charge in [0.05, 0.1) is 0 Å². The van der Waals surface area contributed by atoms with E-state index in [1.165, 1.54) is 12.1 Å². The van der Waals surface area contributed by atoms with E-state index in [1.54, 1.807) is 0 Å². The highest BCUT2D eigenvalue weighted by Crippen LogP contribution is 2.27. The molecule has 0 aliphatic rings. The Morgan fingerprint density at radius 3 is 2.71 bits per heavy atom. The van der Waals surface area contributed by atoms with Crippen LogP contribution in [0.5, 0.6) is 0 Å². The third-order valence-corrected chi connectivity index (χ3v) is 2.46. The van der Waals surface area contributed by atoms with Crippen molar-refractivity contribution in [1.29, 1.82) is 0 Å². The summed E-state index contributed by atoms with van der Waals surface area (Å²) in [4.78, 5) is 14.0. The van der Waals surface area contributed by atoms with Crippen LogP contribution in [0.25, 0.3) is 6.08 Å². The summed E-state index contributed by atoms with van der Waals surface area (Å²) in [7, 11) is 0. The Labute approximate surface area is 98.5 Å². The van der Waals surface area contributed by atoms with Gasteiger partial charge in [-0.2, -0.15) is 0 Å². The zero-order chi connectivity index (χ0) is 10.7. The Hall–Kier alpha value is -0.580. The van der Waals surface area contributed by atoms with Crippen LogP contribution in [0, 0.1) is 0 Å². The van der Waals surface area contributed by atoms with E-state index in [0.717, 1.165) is 6.08 Å². The van der Waals surface area contributed by atoms with E-state index in [0.29, 0.717) is 10.0 Å². The molecule has 0 aliphatic heterocycles. The summed E-state index contributed by atoms with van der Waals surface area (Å²) in [6.45, 7) is 0. The molecule has 74 valence electrons. The predicted molar refractivity (Wildman–Crippen MR) is 58.6 cm³/mol. The van der Waals surface area contributed by atoms with Crippen LogP contribution in [0.1, 0.15) is 5.56 Å². The topological polar surface area (TPSA) is 50.2 Å². The Bertz CT molecular complexity index is 383. The average Bonchev–Trinajstić information content (AvgIpc) is 2.01. The van der Waals surface area contributed by atoms with Gasteiger partial charge in [-0.15, -0.1) is 0 Å². The molecule has 0 atom stereocenters. The van der Waals surface area contributed by atoms with Gasteiger partial charge in [0, 0.05) is 16.1 Å². The third-order valence-electron chi connectivity index (χ3n) is 1.32. The average molecular weight is 297 g/mol. The van der Waals surface area contributed by atoms with Gasteiger partial charge in [-0.1, -0.05) is 23.2 Å². The predicted octanol–water partition coefficient (Wildman–Crippen LogP) is 3.25. The minimum absolute atomic E-state index is 0.155. The molecule has 0 amide bonds. The molecule has 0 spiro atoms. The van der Waals surface area contributed by atoms with E-state index in [1.807, 2.05) is 0 Å². The van der Waals surface area contributed by atoms with Crippen molar-refractivity contribution in [1.82, 2.24) is 4.98 Å². The first-order valence-corrected chi connectivity index (χ1v) is 4.98. The number of halogens is 3. The highest BCUT2D eigenvalue weighted by Gasteiger charge is 2.05. The lowest BCUT2D eigenvalue weighted by Gasteiger charge is -2.01. The van der Waals surface area contributed by atoms with E-state index in [9.17, 15) is 4.79 Å². The van der Waals surface area contributed by atoms with Crippen LogP contribution in [0.15, 0.2) is 16.6 Å². The molecule has 6 heteroatoms. The van der Waals surface area contributed by atoms with E-state index >= 15 is 0 Å². The van der Waals surface area contributed by atoms with Crippen LogP contribution < -0.4 is 0 Å². The van der Waals surface area contributed by atoms with Crippen LogP contribution >= 0.6 is 39.1 Å². The Morgan fingerprint density at radius 2 is 2.21 bits per heavy atom. The molecule has 0 radical (unpaired) electrons. The Balaban J connectivity index is 3.15. The molecular weight excluding hydrogens is 293 g/mol. The van der Waals surface area contributed by atoms with Gasteiger partial charge in [0.1, 0.15) is 10.3 Å². The number of carboxylic acids is 1. The zero-order valence-electron chi connectivity index (χ0n) is 6.67. The number of hydrogen-bond donors (Lipinski definition) is 1. The molecule has 0 aliphatic carbocycles. The van der Waals surface area contributed by atoms with Crippen LogP contribution in [-0.4, -0.2) is 16.1 Å². The molecule has 14 heavy (non-hydrogen) atoms. The van der Waals surface area contributed by atoms with Gasteiger partial charge in [-0.3, -0.25) is 0 Å². The molecule has 1 N–H and O–H groups in total. The molecule has 0 bridgehead atoms. The second-order valence-corrected chi connectivity index (χ2v) is 3.90. The van der Waals surface area contributed by atoms with Crippen LogP contribution in [0.3, 0.4) is 0 Å².